The number of aromatic nitrogens is 2. The predicted molar refractivity (Wildman–Crippen MR) is 134 cm³/mol. The first-order valence-corrected chi connectivity index (χ1v) is 11.9. The molecule has 0 fully saturated rings. The molecule has 0 aliphatic heterocycles. The van der Waals surface area contributed by atoms with E-state index in [9.17, 15) is 13.2 Å². The van der Waals surface area contributed by atoms with Gasteiger partial charge in [-0.1, -0.05) is 36.4 Å². The highest BCUT2D eigenvalue weighted by atomic mass is 32.2. The molecule has 0 aliphatic rings. The molecule has 1 heterocycles. The van der Waals surface area contributed by atoms with Gasteiger partial charge in [-0.15, -0.1) is 0 Å². The Kier molecular flexibility index (Phi) is 6.71. The maximum atomic E-state index is 13.2. The molecule has 0 bridgehead atoms. The van der Waals surface area contributed by atoms with Crippen molar-refractivity contribution < 1.29 is 13.2 Å². The third kappa shape index (κ3) is 5.66. The van der Waals surface area contributed by atoms with Crippen molar-refractivity contribution >= 4 is 50.0 Å². The third-order valence-electron chi connectivity index (χ3n) is 4.73. The van der Waals surface area contributed by atoms with Gasteiger partial charge < -0.3 is 15.5 Å². The molecule has 1 aromatic heterocycles. The number of rotatable bonds is 8. The molecule has 174 valence electrons. The monoisotopic (exact) mass is 476 g/mol. The second-order valence-corrected chi connectivity index (χ2v) is 9.50. The summed E-state index contributed by atoms with van der Waals surface area (Å²) in [5.41, 5.74) is 2.28. The molecule has 4 rings (SSSR count). The predicted octanol–water partition coefficient (Wildman–Crippen LogP) is 3.67. The van der Waals surface area contributed by atoms with Gasteiger partial charge >= 0.3 is 0 Å². The quantitative estimate of drug-likeness (QED) is 0.355. The summed E-state index contributed by atoms with van der Waals surface area (Å²) < 4.78 is 29.0. The largest absolute Gasteiger partial charge is 0.337 e. The Morgan fingerprint density at radius 3 is 2.12 bits per heavy atom. The minimum absolute atomic E-state index is 0.0178. The molecule has 0 atom stereocenters. The molecular weight excluding hydrogens is 452 g/mol. The third-order valence-corrected chi connectivity index (χ3v) is 6.06. The lowest BCUT2D eigenvalue weighted by atomic mass is 10.3. The van der Waals surface area contributed by atoms with E-state index in [2.05, 4.69) is 25.3 Å². The lowest BCUT2D eigenvalue weighted by Gasteiger charge is -2.15. The Morgan fingerprint density at radius 2 is 1.44 bits per heavy atom. The fourth-order valence-electron chi connectivity index (χ4n) is 3.23. The number of para-hydroxylation sites is 3. The summed E-state index contributed by atoms with van der Waals surface area (Å²) in [7, 11) is -0.485. The first-order chi connectivity index (χ1) is 16.3. The van der Waals surface area contributed by atoms with E-state index >= 15 is 0 Å². The average molecular weight is 477 g/mol. The van der Waals surface area contributed by atoms with Gasteiger partial charge in [0.05, 0.1) is 22.5 Å². The standard InChI is InChI=1S/C24H24N6O3S/c1-30(2)16-22(31)25-18-11-8-12-19(15-18)34(32,33)29-24-23(26-17-9-4-3-5-10-17)27-20-13-6-7-14-21(20)28-24/h3-15H,16H2,1-2H3,(H,25,31)(H,26,27)(H,28,29). The summed E-state index contributed by atoms with van der Waals surface area (Å²) in [6.45, 7) is 0.177. The van der Waals surface area contributed by atoms with E-state index < -0.39 is 10.0 Å². The van der Waals surface area contributed by atoms with Crippen LogP contribution in [0.3, 0.4) is 0 Å². The van der Waals surface area contributed by atoms with Crippen LogP contribution < -0.4 is 15.4 Å². The Bertz CT molecular complexity index is 1430. The maximum absolute atomic E-state index is 13.2. The number of carbonyl (C=O) groups is 1. The highest BCUT2D eigenvalue weighted by Gasteiger charge is 2.20. The van der Waals surface area contributed by atoms with Crippen molar-refractivity contribution in [2.75, 3.05) is 36.0 Å². The Labute approximate surface area is 197 Å². The van der Waals surface area contributed by atoms with Crippen LogP contribution in [-0.2, 0) is 14.8 Å². The lowest BCUT2D eigenvalue weighted by molar-refractivity contribution is -0.116. The highest BCUT2D eigenvalue weighted by molar-refractivity contribution is 7.92. The van der Waals surface area contributed by atoms with E-state index in [1.54, 1.807) is 49.3 Å². The van der Waals surface area contributed by atoms with Crippen LogP contribution >= 0.6 is 0 Å². The number of nitrogens with one attached hydrogen (secondary N) is 3. The van der Waals surface area contributed by atoms with Gasteiger partial charge in [0.15, 0.2) is 11.6 Å². The molecule has 0 unspecified atom stereocenters. The highest BCUT2D eigenvalue weighted by Crippen LogP contribution is 2.27. The summed E-state index contributed by atoms with van der Waals surface area (Å²) in [6.07, 6.45) is 0. The van der Waals surface area contributed by atoms with E-state index in [0.29, 0.717) is 16.7 Å². The fourth-order valence-corrected chi connectivity index (χ4v) is 4.29. The molecule has 0 saturated carbocycles. The number of carbonyl (C=O) groups excluding carboxylic acids is 1. The number of benzene rings is 3. The number of amides is 1. The SMILES string of the molecule is CN(C)CC(=O)Nc1cccc(S(=O)(=O)Nc2nc3ccccc3nc2Nc2ccccc2)c1. The minimum Gasteiger partial charge on any atom is -0.337 e. The summed E-state index contributed by atoms with van der Waals surface area (Å²) in [5, 5.41) is 5.84. The van der Waals surface area contributed by atoms with E-state index in [4.69, 9.17) is 0 Å². The van der Waals surface area contributed by atoms with Gasteiger partial charge in [-0.05, 0) is 56.6 Å². The first kappa shape index (κ1) is 23.1. The number of nitrogens with zero attached hydrogens (tertiary/aromatic N) is 3. The van der Waals surface area contributed by atoms with Crippen molar-refractivity contribution in [3.05, 3.63) is 78.9 Å². The second kappa shape index (κ2) is 9.86. The van der Waals surface area contributed by atoms with Crippen LogP contribution in [0.4, 0.5) is 23.0 Å². The number of hydrogen-bond acceptors (Lipinski definition) is 7. The zero-order valence-electron chi connectivity index (χ0n) is 18.7. The number of hydrogen-bond donors (Lipinski definition) is 3. The molecule has 9 nitrogen and oxygen atoms in total. The zero-order valence-corrected chi connectivity index (χ0v) is 19.5. The summed E-state index contributed by atoms with van der Waals surface area (Å²) >= 11 is 0. The van der Waals surface area contributed by atoms with Gasteiger partial charge in [-0.3, -0.25) is 9.52 Å². The van der Waals surface area contributed by atoms with E-state index in [1.165, 1.54) is 12.1 Å². The Hall–Kier alpha value is -4.02. The molecule has 3 aromatic carbocycles. The topological polar surface area (TPSA) is 116 Å². The Balaban J connectivity index is 1.66. The van der Waals surface area contributed by atoms with E-state index in [-0.39, 0.29) is 29.0 Å². The average Bonchev–Trinajstić information content (AvgIpc) is 2.79. The van der Waals surface area contributed by atoms with Crippen molar-refractivity contribution in [1.29, 1.82) is 0 Å². The molecular formula is C24H24N6O3S. The molecule has 0 spiro atoms. The van der Waals surface area contributed by atoms with Crippen LogP contribution in [0.1, 0.15) is 0 Å². The van der Waals surface area contributed by atoms with Crippen LogP contribution in [0.5, 0.6) is 0 Å². The Morgan fingerprint density at radius 1 is 0.824 bits per heavy atom. The van der Waals surface area contributed by atoms with E-state index in [1.807, 2.05) is 36.4 Å². The molecule has 4 aromatic rings. The second-order valence-electron chi connectivity index (χ2n) is 7.82. The van der Waals surface area contributed by atoms with Gasteiger partial charge in [0.25, 0.3) is 10.0 Å². The number of sulfonamides is 1. The summed E-state index contributed by atoms with van der Waals surface area (Å²) in [5.74, 6) is 0.0794. The first-order valence-electron chi connectivity index (χ1n) is 10.5. The zero-order chi connectivity index (χ0) is 24.1. The number of anilines is 4. The van der Waals surface area contributed by atoms with Gasteiger partial charge in [0.2, 0.25) is 5.91 Å². The molecule has 0 aliphatic carbocycles. The molecule has 34 heavy (non-hydrogen) atoms. The van der Waals surface area contributed by atoms with Crippen LogP contribution in [0.2, 0.25) is 0 Å². The van der Waals surface area contributed by atoms with Crippen LogP contribution in [0.25, 0.3) is 11.0 Å². The van der Waals surface area contributed by atoms with Crippen molar-refractivity contribution in [3.8, 4) is 0 Å². The molecule has 3 N–H and O–H groups in total. The van der Waals surface area contributed by atoms with Gasteiger partial charge in [-0.2, -0.15) is 0 Å². The fraction of sp³-hybridized carbons (Fsp3) is 0.125. The van der Waals surface area contributed by atoms with Gasteiger partial charge in [0.1, 0.15) is 0 Å². The maximum Gasteiger partial charge on any atom is 0.263 e. The molecule has 0 radical (unpaired) electrons. The lowest BCUT2D eigenvalue weighted by Crippen LogP contribution is -2.27. The van der Waals surface area contributed by atoms with Crippen molar-refractivity contribution in [2.24, 2.45) is 0 Å². The molecule has 1 amide bonds. The normalized spacial score (nSPS) is 11.4. The van der Waals surface area contributed by atoms with Crippen LogP contribution in [0.15, 0.2) is 83.8 Å². The van der Waals surface area contributed by atoms with Gasteiger partial charge in [-0.25, -0.2) is 18.4 Å². The smallest absolute Gasteiger partial charge is 0.263 e. The van der Waals surface area contributed by atoms with Crippen LogP contribution in [0, 0.1) is 0 Å². The number of likely N-dealkylation sites (N-methyl/N-ethyl adjacent to an activating group) is 1. The summed E-state index contributed by atoms with van der Waals surface area (Å²) in [6, 6.07) is 22.5. The number of fused-ring (bicyclic) bond motifs is 1. The van der Waals surface area contributed by atoms with E-state index in [0.717, 1.165) is 5.69 Å². The minimum atomic E-state index is -4.03. The van der Waals surface area contributed by atoms with Gasteiger partial charge in [0, 0.05) is 11.4 Å². The van der Waals surface area contributed by atoms with Crippen molar-refractivity contribution in [2.45, 2.75) is 4.90 Å². The van der Waals surface area contributed by atoms with Crippen LogP contribution in [-0.4, -0.2) is 49.8 Å². The van der Waals surface area contributed by atoms with Crippen molar-refractivity contribution in [1.82, 2.24) is 14.9 Å². The summed E-state index contributed by atoms with van der Waals surface area (Å²) in [4.78, 5) is 22.8. The van der Waals surface area contributed by atoms with Crippen molar-refractivity contribution in [3.63, 3.8) is 0 Å². The molecule has 0 saturated heterocycles. The molecule has 10 heteroatoms.